The van der Waals surface area contributed by atoms with E-state index in [9.17, 15) is 0 Å². The molecule has 0 saturated heterocycles. The number of ether oxygens (including phenoxy) is 1. The molecule has 0 aliphatic carbocycles. The summed E-state index contributed by atoms with van der Waals surface area (Å²) in [6.07, 6.45) is 1.83. The summed E-state index contributed by atoms with van der Waals surface area (Å²) >= 11 is 1.82. The van der Waals surface area contributed by atoms with E-state index in [-0.39, 0.29) is 21.1 Å². The second-order valence-corrected chi connectivity index (χ2v) is 11.0. The molecule has 200 valence electrons. The van der Waals surface area contributed by atoms with Gasteiger partial charge in [-0.15, -0.1) is 47.1 Å². The minimum atomic E-state index is 0. The molecule has 0 aliphatic rings. The summed E-state index contributed by atoms with van der Waals surface area (Å²) in [4.78, 5) is 4.75. The normalized spacial score (nSPS) is 11.5. The number of aryl methyl sites for hydroxylation is 2. The Morgan fingerprint density at radius 2 is 1.59 bits per heavy atom. The Kier molecular flexibility index (Phi) is 6.26. The molecular weight excluding hydrogens is 708 g/mol. The third-order valence-electron chi connectivity index (χ3n) is 7.24. The van der Waals surface area contributed by atoms with Gasteiger partial charge in [0.25, 0.3) is 0 Å². The number of rotatable bonds is 4. The van der Waals surface area contributed by atoms with Crippen LogP contribution in [0.2, 0.25) is 0 Å². The first-order valence-electron chi connectivity index (χ1n) is 13.1. The molecule has 4 heterocycles. The summed E-state index contributed by atoms with van der Waals surface area (Å²) in [5.41, 5.74) is 4.90. The van der Waals surface area contributed by atoms with Gasteiger partial charge in [-0.05, 0) is 55.3 Å². The molecule has 5 nitrogen and oxygen atoms in total. The molecule has 0 amide bonds. The molecular formula is C34H22N4OPtS. The maximum absolute atomic E-state index is 6.34. The molecule has 0 spiro atoms. The first kappa shape index (κ1) is 25.7. The standard InChI is InChI=1S/C34H22N4OS.Pt/c1-21-18-22(2)38(36-21)23-8-7-9-24(19-23)39-25-13-14-26-27-15-16-31-33(28-10-3-4-11-30(28)40-31)34(27)37(29(26)20-25)32-12-5-6-17-35-32;/h3-18H,1-2H3;/q-2;+2. The molecule has 0 aliphatic heterocycles. The number of thiophene rings is 1. The van der Waals surface area contributed by atoms with E-state index in [0.29, 0.717) is 11.5 Å². The zero-order valence-electron chi connectivity index (χ0n) is 22.2. The molecule has 7 heteroatoms. The Bertz CT molecular complexity index is 2230. The van der Waals surface area contributed by atoms with Crippen molar-refractivity contribution in [2.75, 3.05) is 0 Å². The predicted molar refractivity (Wildman–Crippen MR) is 162 cm³/mol. The fourth-order valence-electron chi connectivity index (χ4n) is 5.60. The van der Waals surface area contributed by atoms with E-state index in [0.717, 1.165) is 44.7 Å². The summed E-state index contributed by atoms with van der Waals surface area (Å²) in [6.45, 7) is 4.02. The van der Waals surface area contributed by atoms with Gasteiger partial charge in [0.1, 0.15) is 5.82 Å². The van der Waals surface area contributed by atoms with Gasteiger partial charge < -0.3 is 9.30 Å². The van der Waals surface area contributed by atoms with Crippen LogP contribution in [-0.4, -0.2) is 19.3 Å². The van der Waals surface area contributed by atoms with E-state index in [2.05, 4.69) is 64.3 Å². The van der Waals surface area contributed by atoms with Gasteiger partial charge in [-0.25, -0.2) is 4.98 Å². The number of hydrogen-bond acceptors (Lipinski definition) is 4. The minimum Gasteiger partial charge on any atom is -0.509 e. The van der Waals surface area contributed by atoms with Crippen LogP contribution in [0.3, 0.4) is 0 Å². The number of pyridine rings is 1. The second kappa shape index (κ2) is 9.99. The second-order valence-electron chi connectivity index (χ2n) is 9.88. The van der Waals surface area contributed by atoms with Crippen molar-refractivity contribution in [2.24, 2.45) is 0 Å². The first-order chi connectivity index (χ1) is 19.6. The Morgan fingerprint density at radius 3 is 2.41 bits per heavy atom. The van der Waals surface area contributed by atoms with Crippen LogP contribution in [0.15, 0.2) is 97.2 Å². The molecule has 0 fully saturated rings. The van der Waals surface area contributed by atoms with Gasteiger partial charge in [-0.3, -0.25) is 4.68 Å². The number of hydrogen-bond donors (Lipinski definition) is 0. The molecule has 0 atom stereocenters. The molecule has 0 N–H and O–H groups in total. The largest absolute Gasteiger partial charge is 2.00 e. The van der Waals surface area contributed by atoms with E-state index >= 15 is 0 Å². The number of fused-ring (bicyclic) bond motifs is 7. The summed E-state index contributed by atoms with van der Waals surface area (Å²) < 4.78 is 13.0. The van der Waals surface area contributed by atoms with Crippen LogP contribution < -0.4 is 4.74 Å². The van der Waals surface area contributed by atoms with Crippen molar-refractivity contribution in [3.8, 4) is 23.0 Å². The van der Waals surface area contributed by atoms with Crippen molar-refractivity contribution in [3.63, 3.8) is 0 Å². The molecule has 41 heavy (non-hydrogen) atoms. The summed E-state index contributed by atoms with van der Waals surface area (Å²) in [5, 5.41) is 9.35. The molecule has 8 rings (SSSR count). The maximum Gasteiger partial charge on any atom is 2.00 e. The first-order valence-corrected chi connectivity index (χ1v) is 13.9. The van der Waals surface area contributed by atoms with Gasteiger partial charge in [0.15, 0.2) is 0 Å². The zero-order chi connectivity index (χ0) is 26.8. The van der Waals surface area contributed by atoms with Crippen molar-refractivity contribution < 1.29 is 25.8 Å². The molecule has 8 aromatic rings. The van der Waals surface area contributed by atoms with Gasteiger partial charge in [0.2, 0.25) is 0 Å². The number of nitrogens with zero attached hydrogens (tertiary/aromatic N) is 4. The van der Waals surface area contributed by atoms with Gasteiger partial charge >= 0.3 is 21.1 Å². The average Bonchev–Trinajstić information content (AvgIpc) is 3.63. The quantitative estimate of drug-likeness (QED) is 0.170. The third-order valence-corrected chi connectivity index (χ3v) is 8.38. The Balaban J connectivity index is 0.00000276. The van der Waals surface area contributed by atoms with Crippen molar-refractivity contribution in [1.82, 2.24) is 19.3 Å². The maximum atomic E-state index is 6.34. The van der Waals surface area contributed by atoms with Crippen LogP contribution in [0, 0.1) is 26.0 Å². The van der Waals surface area contributed by atoms with Crippen LogP contribution in [0.5, 0.6) is 11.5 Å². The van der Waals surface area contributed by atoms with E-state index in [1.54, 1.807) is 0 Å². The van der Waals surface area contributed by atoms with Crippen molar-refractivity contribution in [3.05, 3.63) is 121 Å². The van der Waals surface area contributed by atoms with E-state index in [1.807, 2.05) is 84.6 Å². The topological polar surface area (TPSA) is 44.9 Å². The summed E-state index contributed by atoms with van der Waals surface area (Å²) in [5.74, 6) is 2.06. The van der Waals surface area contributed by atoms with Gasteiger partial charge in [-0.2, -0.15) is 17.2 Å². The van der Waals surface area contributed by atoms with E-state index < -0.39 is 0 Å². The molecule has 0 bridgehead atoms. The number of aromatic nitrogens is 4. The monoisotopic (exact) mass is 729 g/mol. The van der Waals surface area contributed by atoms with Crippen molar-refractivity contribution in [2.45, 2.75) is 13.8 Å². The molecule has 0 unspecified atom stereocenters. The van der Waals surface area contributed by atoms with Crippen LogP contribution >= 0.6 is 11.3 Å². The van der Waals surface area contributed by atoms with E-state index in [1.165, 1.54) is 20.2 Å². The van der Waals surface area contributed by atoms with Crippen LogP contribution in [-0.2, 0) is 21.1 Å². The van der Waals surface area contributed by atoms with Crippen LogP contribution in [0.4, 0.5) is 0 Å². The van der Waals surface area contributed by atoms with Crippen molar-refractivity contribution >= 4 is 53.3 Å². The molecule has 0 radical (unpaired) electrons. The smallest absolute Gasteiger partial charge is 0.509 e. The molecule has 4 aromatic heterocycles. The Labute approximate surface area is 254 Å². The predicted octanol–water partition coefficient (Wildman–Crippen LogP) is 8.74. The zero-order valence-corrected chi connectivity index (χ0v) is 25.2. The molecule has 4 aromatic carbocycles. The SMILES string of the molecule is Cc1cc(C)n(-c2[c-]c(Oc3[c-]c4c(cc3)c3ccc5sc6ccccc6c5c3n4-c3ccccn3)ccc2)n1.[Pt+2]. The minimum absolute atomic E-state index is 0. The van der Waals surface area contributed by atoms with Gasteiger partial charge in [-0.1, -0.05) is 35.8 Å². The van der Waals surface area contributed by atoms with Crippen LogP contribution in [0.25, 0.3) is 53.5 Å². The van der Waals surface area contributed by atoms with Gasteiger partial charge in [0, 0.05) is 43.6 Å². The Morgan fingerprint density at radius 1 is 0.756 bits per heavy atom. The summed E-state index contributed by atoms with van der Waals surface area (Å²) in [6, 6.07) is 38.0. The third kappa shape index (κ3) is 4.18. The van der Waals surface area contributed by atoms with Crippen molar-refractivity contribution in [1.29, 1.82) is 0 Å². The van der Waals surface area contributed by atoms with Gasteiger partial charge in [0.05, 0.1) is 11.2 Å². The van der Waals surface area contributed by atoms with Crippen LogP contribution in [0.1, 0.15) is 11.4 Å². The molecule has 0 saturated carbocycles. The Hall–Kier alpha value is -4.25. The fourth-order valence-corrected chi connectivity index (χ4v) is 6.71. The summed E-state index contributed by atoms with van der Waals surface area (Å²) in [7, 11) is 0. The average molecular weight is 730 g/mol. The fraction of sp³-hybridized carbons (Fsp3) is 0.0588. The van der Waals surface area contributed by atoms with E-state index in [4.69, 9.17) is 9.72 Å². The number of benzene rings is 4.